The third-order valence-electron chi connectivity index (χ3n) is 7.45. The van der Waals surface area contributed by atoms with E-state index in [1.165, 1.54) is 16.8 Å². The summed E-state index contributed by atoms with van der Waals surface area (Å²) < 4.78 is 0. The topological polar surface area (TPSA) is 59.7 Å². The quantitative estimate of drug-likeness (QED) is 0.598. The number of anilines is 1. The van der Waals surface area contributed by atoms with Gasteiger partial charge in [0.2, 0.25) is 11.8 Å². The van der Waals surface area contributed by atoms with Crippen LogP contribution in [-0.4, -0.2) is 65.9 Å². The van der Waals surface area contributed by atoms with Crippen LogP contribution >= 0.6 is 11.6 Å². The molecule has 0 radical (unpaired) electrons. The maximum atomic E-state index is 13.2. The van der Waals surface area contributed by atoms with Crippen LogP contribution in [0.15, 0.2) is 42.6 Å². The number of carbonyl (C=O) groups is 2. The molecular weight excluding hydrogens is 448 g/mol. The summed E-state index contributed by atoms with van der Waals surface area (Å²) in [6.45, 7) is 8.47. The zero-order valence-electron chi connectivity index (χ0n) is 19.8. The molecule has 5 rings (SSSR count). The highest BCUT2D eigenvalue weighted by molar-refractivity contribution is 6.31. The number of nitrogens with one attached hydrogen (secondary N) is 1. The molecule has 6 nitrogen and oxygen atoms in total. The molecule has 7 heteroatoms. The normalized spacial score (nSPS) is 18.9. The standard InChI is InChI=1S/C27H31ClN4O2/c1-18-4-3-5-25(19(18)2)30-10-12-31(13-11-30)27(34)21-14-26(33)32(17-21)9-8-20-16-29-24-7-6-22(28)15-23(20)24/h3-7,15-16,21,29H,8-14,17H2,1-2H3/t21-/m0/s1. The fraction of sp³-hybridized carbons (Fsp3) is 0.407. The lowest BCUT2D eigenvalue weighted by Gasteiger charge is -2.38. The Kier molecular flexibility index (Phi) is 6.26. The SMILES string of the molecule is Cc1cccc(N2CCN(C(=O)[C@H]3CC(=O)N(CCc4c[nH]c5ccc(Cl)cc45)C3)CC2)c1C. The number of aromatic amines is 1. The molecule has 2 aliphatic heterocycles. The van der Waals surface area contributed by atoms with Crippen molar-refractivity contribution in [3.63, 3.8) is 0 Å². The lowest BCUT2D eigenvalue weighted by molar-refractivity contribution is -0.136. The monoisotopic (exact) mass is 478 g/mol. The Balaban J connectivity index is 1.16. The van der Waals surface area contributed by atoms with Crippen molar-refractivity contribution >= 4 is 40.0 Å². The lowest BCUT2D eigenvalue weighted by Crippen LogP contribution is -2.51. The average molecular weight is 479 g/mol. The summed E-state index contributed by atoms with van der Waals surface area (Å²) in [7, 11) is 0. The Labute approximate surface area is 205 Å². The summed E-state index contributed by atoms with van der Waals surface area (Å²) in [5.41, 5.74) is 6.03. The van der Waals surface area contributed by atoms with Crippen LogP contribution in [0.25, 0.3) is 10.9 Å². The van der Waals surface area contributed by atoms with Gasteiger partial charge < -0.3 is 19.7 Å². The summed E-state index contributed by atoms with van der Waals surface area (Å²) in [5, 5.41) is 1.79. The minimum Gasteiger partial charge on any atom is -0.368 e. The molecule has 0 unspecified atom stereocenters. The van der Waals surface area contributed by atoms with Crippen molar-refractivity contribution in [2.24, 2.45) is 5.92 Å². The van der Waals surface area contributed by atoms with E-state index in [1.807, 2.05) is 34.2 Å². The maximum absolute atomic E-state index is 13.2. The number of nitrogens with zero attached hydrogens (tertiary/aromatic N) is 3. The van der Waals surface area contributed by atoms with E-state index in [1.54, 1.807) is 0 Å². The Hall–Kier alpha value is -2.99. The van der Waals surface area contributed by atoms with Gasteiger partial charge in [-0.05, 0) is 61.2 Å². The highest BCUT2D eigenvalue weighted by atomic mass is 35.5. The molecule has 1 N–H and O–H groups in total. The van der Waals surface area contributed by atoms with E-state index >= 15 is 0 Å². The molecule has 0 bridgehead atoms. The van der Waals surface area contributed by atoms with Crippen LogP contribution in [0, 0.1) is 19.8 Å². The first-order valence-electron chi connectivity index (χ1n) is 12.0. The van der Waals surface area contributed by atoms with E-state index in [4.69, 9.17) is 11.6 Å². The van der Waals surface area contributed by atoms with Gasteiger partial charge in [-0.3, -0.25) is 9.59 Å². The number of hydrogen-bond acceptors (Lipinski definition) is 3. The summed E-state index contributed by atoms with van der Waals surface area (Å²) >= 11 is 6.16. The molecule has 178 valence electrons. The van der Waals surface area contributed by atoms with Crippen LogP contribution in [0.4, 0.5) is 5.69 Å². The van der Waals surface area contributed by atoms with E-state index in [-0.39, 0.29) is 17.7 Å². The van der Waals surface area contributed by atoms with Crippen LogP contribution in [0.2, 0.25) is 5.02 Å². The zero-order valence-corrected chi connectivity index (χ0v) is 20.6. The number of piperazine rings is 1. The minimum absolute atomic E-state index is 0.0743. The number of likely N-dealkylation sites (tertiary alicyclic amines) is 1. The molecule has 1 atom stereocenters. The molecule has 0 saturated carbocycles. The van der Waals surface area contributed by atoms with Gasteiger partial charge in [0.05, 0.1) is 5.92 Å². The Morgan fingerprint density at radius 3 is 2.71 bits per heavy atom. The zero-order chi connectivity index (χ0) is 23.8. The van der Waals surface area contributed by atoms with Crippen molar-refractivity contribution in [1.29, 1.82) is 0 Å². The highest BCUT2D eigenvalue weighted by Crippen LogP contribution is 2.27. The molecule has 3 heterocycles. The molecule has 2 saturated heterocycles. The first kappa shape index (κ1) is 22.8. The minimum atomic E-state index is -0.239. The molecule has 3 aromatic rings. The van der Waals surface area contributed by atoms with Gasteiger partial charge in [-0.25, -0.2) is 0 Å². The second kappa shape index (κ2) is 9.34. The summed E-state index contributed by atoms with van der Waals surface area (Å²) in [4.78, 5) is 35.3. The second-order valence-electron chi connectivity index (χ2n) is 9.53. The third kappa shape index (κ3) is 4.39. The molecule has 2 aromatic carbocycles. The van der Waals surface area contributed by atoms with Crippen LogP contribution in [-0.2, 0) is 16.0 Å². The van der Waals surface area contributed by atoms with Crippen molar-refractivity contribution in [3.05, 3.63) is 64.3 Å². The molecule has 34 heavy (non-hydrogen) atoms. The number of benzene rings is 2. The van der Waals surface area contributed by atoms with Gasteiger partial charge in [-0.15, -0.1) is 0 Å². The number of H-pyrrole nitrogens is 1. The van der Waals surface area contributed by atoms with E-state index < -0.39 is 0 Å². The number of fused-ring (bicyclic) bond motifs is 1. The Bertz CT molecular complexity index is 1230. The van der Waals surface area contributed by atoms with Gasteiger partial charge in [0.25, 0.3) is 0 Å². The fourth-order valence-electron chi connectivity index (χ4n) is 5.27. The fourth-order valence-corrected chi connectivity index (χ4v) is 5.44. The van der Waals surface area contributed by atoms with Crippen LogP contribution < -0.4 is 4.90 Å². The smallest absolute Gasteiger partial charge is 0.228 e. The van der Waals surface area contributed by atoms with Crippen molar-refractivity contribution in [2.75, 3.05) is 44.2 Å². The number of halogens is 1. The van der Waals surface area contributed by atoms with Crippen molar-refractivity contribution in [1.82, 2.24) is 14.8 Å². The molecule has 1 aromatic heterocycles. The van der Waals surface area contributed by atoms with Crippen molar-refractivity contribution < 1.29 is 9.59 Å². The van der Waals surface area contributed by atoms with Crippen LogP contribution in [0.3, 0.4) is 0 Å². The molecule has 2 amide bonds. The van der Waals surface area contributed by atoms with Gasteiger partial charge in [0, 0.05) is 73.5 Å². The number of aromatic nitrogens is 1. The van der Waals surface area contributed by atoms with Crippen LogP contribution in [0.5, 0.6) is 0 Å². The van der Waals surface area contributed by atoms with Crippen molar-refractivity contribution in [3.8, 4) is 0 Å². The van der Waals surface area contributed by atoms with Crippen LogP contribution in [0.1, 0.15) is 23.1 Å². The molecular formula is C27H31ClN4O2. The second-order valence-corrected chi connectivity index (χ2v) is 9.96. The first-order valence-corrected chi connectivity index (χ1v) is 12.4. The van der Waals surface area contributed by atoms with Gasteiger partial charge in [0.15, 0.2) is 0 Å². The number of amides is 2. The van der Waals surface area contributed by atoms with Crippen molar-refractivity contribution in [2.45, 2.75) is 26.7 Å². The number of hydrogen-bond donors (Lipinski definition) is 1. The van der Waals surface area contributed by atoms with Gasteiger partial charge >= 0.3 is 0 Å². The molecule has 2 fully saturated rings. The summed E-state index contributed by atoms with van der Waals surface area (Å²) in [6.07, 6.45) is 3.04. The Morgan fingerprint density at radius 1 is 1.12 bits per heavy atom. The third-order valence-corrected chi connectivity index (χ3v) is 7.69. The first-order chi connectivity index (χ1) is 16.4. The highest BCUT2D eigenvalue weighted by Gasteiger charge is 2.37. The van der Waals surface area contributed by atoms with Gasteiger partial charge in [-0.1, -0.05) is 23.7 Å². The maximum Gasteiger partial charge on any atom is 0.228 e. The van der Waals surface area contributed by atoms with E-state index in [9.17, 15) is 9.59 Å². The average Bonchev–Trinajstić information content (AvgIpc) is 3.41. The molecule has 0 aliphatic carbocycles. The number of aryl methyl sites for hydroxylation is 1. The van der Waals surface area contributed by atoms with E-state index in [2.05, 4.69) is 41.9 Å². The number of carbonyl (C=O) groups excluding carboxylic acids is 2. The predicted molar refractivity (Wildman–Crippen MR) is 136 cm³/mol. The molecule has 2 aliphatic rings. The predicted octanol–water partition coefficient (Wildman–Crippen LogP) is 4.18. The van der Waals surface area contributed by atoms with Gasteiger partial charge in [0.1, 0.15) is 0 Å². The molecule has 0 spiro atoms. The Morgan fingerprint density at radius 2 is 1.91 bits per heavy atom. The van der Waals surface area contributed by atoms with E-state index in [0.717, 1.165) is 36.0 Å². The number of rotatable bonds is 5. The van der Waals surface area contributed by atoms with E-state index in [0.29, 0.717) is 37.6 Å². The summed E-state index contributed by atoms with van der Waals surface area (Å²) in [5.74, 6) is -0.0437. The van der Waals surface area contributed by atoms with Gasteiger partial charge in [-0.2, -0.15) is 0 Å². The largest absolute Gasteiger partial charge is 0.368 e. The summed E-state index contributed by atoms with van der Waals surface area (Å²) in [6, 6.07) is 12.2. The lowest BCUT2D eigenvalue weighted by atomic mass is 10.1.